The summed E-state index contributed by atoms with van der Waals surface area (Å²) in [6.45, 7) is 6.41. The zero-order chi connectivity index (χ0) is 15.8. The highest BCUT2D eigenvalue weighted by Crippen LogP contribution is 2.15. The van der Waals surface area contributed by atoms with E-state index in [2.05, 4.69) is 27.2 Å². The van der Waals surface area contributed by atoms with Crippen molar-refractivity contribution in [2.45, 2.75) is 6.92 Å². The number of carbonyl (C=O) groups excluding carboxylic acids is 1. The van der Waals surface area contributed by atoms with Gasteiger partial charge >= 0.3 is 5.97 Å². The zero-order valence-electron chi connectivity index (χ0n) is 12.4. The Morgan fingerprint density at radius 1 is 1.32 bits per heavy atom. The van der Waals surface area contributed by atoms with E-state index in [0.29, 0.717) is 30.5 Å². The number of rotatable bonds is 7. The lowest BCUT2D eigenvalue weighted by molar-refractivity contribution is 0.0526. The molecule has 0 aliphatic heterocycles. The van der Waals surface area contributed by atoms with Gasteiger partial charge in [-0.05, 0) is 37.3 Å². The van der Waals surface area contributed by atoms with Gasteiger partial charge in [0, 0.05) is 18.4 Å². The molecule has 0 aliphatic rings. The van der Waals surface area contributed by atoms with Gasteiger partial charge in [0.25, 0.3) is 0 Å². The summed E-state index contributed by atoms with van der Waals surface area (Å²) in [4.78, 5) is 20.0. The Morgan fingerprint density at radius 3 is 2.77 bits per heavy atom. The number of hydrogen-bond acceptors (Lipinski definition) is 6. The Labute approximate surface area is 129 Å². The molecule has 6 nitrogen and oxygen atoms in total. The van der Waals surface area contributed by atoms with Crippen LogP contribution in [0, 0.1) is 0 Å². The van der Waals surface area contributed by atoms with Crippen molar-refractivity contribution < 1.29 is 9.53 Å². The van der Waals surface area contributed by atoms with E-state index in [0.717, 1.165) is 5.69 Å². The van der Waals surface area contributed by atoms with Gasteiger partial charge in [0.15, 0.2) is 0 Å². The van der Waals surface area contributed by atoms with Crippen LogP contribution in [0.25, 0.3) is 0 Å². The van der Waals surface area contributed by atoms with E-state index >= 15 is 0 Å². The molecule has 0 saturated carbocycles. The van der Waals surface area contributed by atoms with E-state index in [4.69, 9.17) is 4.74 Å². The monoisotopic (exact) mass is 298 g/mol. The first-order valence-corrected chi connectivity index (χ1v) is 6.95. The van der Waals surface area contributed by atoms with Gasteiger partial charge in [0.2, 0.25) is 5.95 Å². The molecule has 1 heterocycles. The molecule has 114 valence electrons. The molecule has 1 aromatic carbocycles. The summed E-state index contributed by atoms with van der Waals surface area (Å²) in [6.07, 6.45) is 3.41. The standard InChI is InChI=1S/C16H18N4O2/c1-3-10-17-14-9-11-18-16(20-14)19-13-7-5-12(6-8-13)15(21)22-4-2/h3,5-9,11H,1,4,10H2,2H3,(H2,17,18,19,20). The fraction of sp³-hybridized carbons (Fsp3) is 0.188. The second kappa shape index (κ2) is 7.78. The summed E-state index contributed by atoms with van der Waals surface area (Å²) in [5.74, 6) is 0.847. The molecule has 2 aromatic rings. The van der Waals surface area contributed by atoms with Crippen molar-refractivity contribution in [3.63, 3.8) is 0 Å². The van der Waals surface area contributed by atoms with Gasteiger partial charge in [-0.1, -0.05) is 6.08 Å². The van der Waals surface area contributed by atoms with E-state index in [9.17, 15) is 4.79 Å². The molecule has 0 atom stereocenters. The van der Waals surface area contributed by atoms with Crippen LogP contribution in [0.3, 0.4) is 0 Å². The molecule has 0 unspecified atom stereocenters. The van der Waals surface area contributed by atoms with Crippen molar-refractivity contribution >= 4 is 23.4 Å². The molecule has 0 spiro atoms. The third-order valence-electron chi connectivity index (χ3n) is 2.74. The molecule has 0 bridgehead atoms. The van der Waals surface area contributed by atoms with Crippen LogP contribution in [0.4, 0.5) is 17.5 Å². The summed E-state index contributed by atoms with van der Waals surface area (Å²) in [6, 6.07) is 8.72. The maximum atomic E-state index is 11.6. The van der Waals surface area contributed by atoms with Crippen molar-refractivity contribution in [3.8, 4) is 0 Å². The smallest absolute Gasteiger partial charge is 0.338 e. The summed E-state index contributed by atoms with van der Waals surface area (Å²) in [7, 11) is 0. The highest BCUT2D eigenvalue weighted by molar-refractivity contribution is 5.89. The second-order valence-electron chi connectivity index (χ2n) is 4.36. The van der Waals surface area contributed by atoms with E-state index in [-0.39, 0.29) is 5.97 Å². The third kappa shape index (κ3) is 4.31. The van der Waals surface area contributed by atoms with Gasteiger partial charge in [0.1, 0.15) is 5.82 Å². The van der Waals surface area contributed by atoms with Crippen LogP contribution in [0.1, 0.15) is 17.3 Å². The number of nitrogens with one attached hydrogen (secondary N) is 2. The van der Waals surface area contributed by atoms with Crippen LogP contribution in [-0.4, -0.2) is 29.1 Å². The van der Waals surface area contributed by atoms with Crippen LogP contribution >= 0.6 is 0 Å². The highest BCUT2D eigenvalue weighted by atomic mass is 16.5. The zero-order valence-corrected chi connectivity index (χ0v) is 12.4. The Kier molecular flexibility index (Phi) is 5.48. The lowest BCUT2D eigenvalue weighted by Gasteiger charge is -2.08. The van der Waals surface area contributed by atoms with Crippen molar-refractivity contribution in [2.24, 2.45) is 0 Å². The Morgan fingerprint density at radius 2 is 2.09 bits per heavy atom. The number of hydrogen-bond donors (Lipinski definition) is 2. The van der Waals surface area contributed by atoms with Crippen molar-refractivity contribution in [1.82, 2.24) is 9.97 Å². The van der Waals surface area contributed by atoms with Crippen LogP contribution in [0.5, 0.6) is 0 Å². The maximum absolute atomic E-state index is 11.6. The average molecular weight is 298 g/mol. The highest BCUT2D eigenvalue weighted by Gasteiger charge is 2.06. The minimum Gasteiger partial charge on any atom is -0.462 e. The van der Waals surface area contributed by atoms with Gasteiger partial charge in [-0.3, -0.25) is 0 Å². The predicted octanol–water partition coefficient (Wildman–Crippen LogP) is 2.99. The first-order valence-electron chi connectivity index (χ1n) is 6.95. The topological polar surface area (TPSA) is 76.1 Å². The molecule has 22 heavy (non-hydrogen) atoms. The molecule has 0 radical (unpaired) electrons. The molecule has 0 aliphatic carbocycles. The molecule has 1 aromatic heterocycles. The Balaban J connectivity index is 2.04. The largest absolute Gasteiger partial charge is 0.462 e. The molecule has 2 N–H and O–H groups in total. The van der Waals surface area contributed by atoms with E-state index in [1.54, 1.807) is 49.5 Å². The van der Waals surface area contributed by atoms with Crippen molar-refractivity contribution in [1.29, 1.82) is 0 Å². The fourth-order valence-electron chi connectivity index (χ4n) is 1.73. The molecule has 2 rings (SSSR count). The molecular formula is C16H18N4O2. The van der Waals surface area contributed by atoms with Gasteiger partial charge < -0.3 is 15.4 Å². The van der Waals surface area contributed by atoms with Crippen LogP contribution in [-0.2, 0) is 4.74 Å². The van der Waals surface area contributed by atoms with Gasteiger partial charge in [0.05, 0.1) is 12.2 Å². The fourth-order valence-corrected chi connectivity index (χ4v) is 1.73. The van der Waals surface area contributed by atoms with Crippen molar-refractivity contribution in [3.05, 3.63) is 54.7 Å². The van der Waals surface area contributed by atoms with Crippen LogP contribution < -0.4 is 10.6 Å². The number of nitrogens with zero attached hydrogens (tertiary/aromatic N) is 2. The van der Waals surface area contributed by atoms with Crippen LogP contribution in [0.2, 0.25) is 0 Å². The van der Waals surface area contributed by atoms with E-state index in [1.165, 1.54) is 0 Å². The molecule has 0 fully saturated rings. The number of ether oxygens (including phenoxy) is 1. The Hall–Kier alpha value is -2.89. The number of carbonyl (C=O) groups is 1. The second-order valence-corrected chi connectivity index (χ2v) is 4.36. The predicted molar refractivity (Wildman–Crippen MR) is 86.4 cm³/mol. The average Bonchev–Trinajstić information content (AvgIpc) is 2.54. The summed E-state index contributed by atoms with van der Waals surface area (Å²) in [5, 5.41) is 6.17. The number of esters is 1. The normalized spacial score (nSPS) is 9.86. The lowest BCUT2D eigenvalue weighted by atomic mass is 10.2. The van der Waals surface area contributed by atoms with Gasteiger partial charge in [-0.2, -0.15) is 4.98 Å². The first kappa shape index (κ1) is 15.5. The van der Waals surface area contributed by atoms with Gasteiger partial charge in [-0.25, -0.2) is 9.78 Å². The van der Waals surface area contributed by atoms with E-state index in [1.807, 2.05) is 0 Å². The van der Waals surface area contributed by atoms with Crippen LogP contribution in [0.15, 0.2) is 49.2 Å². The molecule has 6 heteroatoms. The number of aromatic nitrogens is 2. The number of anilines is 3. The molecule has 0 amide bonds. The van der Waals surface area contributed by atoms with Gasteiger partial charge in [-0.15, -0.1) is 6.58 Å². The summed E-state index contributed by atoms with van der Waals surface area (Å²) >= 11 is 0. The third-order valence-corrected chi connectivity index (χ3v) is 2.74. The Bertz CT molecular complexity index is 641. The van der Waals surface area contributed by atoms with Crippen molar-refractivity contribution in [2.75, 3.05) is 23.8 Å². The molecule has 0 saturated heterocycles. The minimum atomic E-state index is -0.332. The van der Waals surface area contributed by atoms with E-state index < -0.39 is 0 Å². The summed E-state index contributed by atoms with van der Waals surface area (Å²) in [5.41, 5.74) is 1.30. The SMILES string of the molecule is C=CCNc1ccnc(Nc2ccc(C(=O)OCC)cc2)n1. The lowest BCUT2D eigenvalue weighted by Crippen LogP contribution is -2.05. The number of benzene rings is 1. The summed E-state index contributed by atoms with van der Waals surface area (Å²) < 4.78 is 4.94. The minimum absolute atomic E-state index is 0.332. The first-order chi connectivity index (χ1) is 10.7. The quantitative estimate of drug-likeness (QED) is 0.604. The molecular weight excluding hydrogens is 280 g/mol. The maximum Gasteiger partial charge on any atom is 0.338 e.